The van der Waals surface area contributed by atoms with Crippen LogP contribution < -0.4 is 5.32 Å². The molecule has 120 valence electrons. The average Bonchev–Trinajstić information content (AvgIpc) is 2.34. The molecular weight excluding hydrogens is 369 g/mol. The molecule has 0 radical (unpaired) electrons. The number of aliphatic imine (C=N–C) groups is 1. The van der Waals surface area contributed by atoms with E-state index in [4.69, 9.17) is 14.5 Å². The lowest BCUT2D eigenvalue weighted by Gasteiger charge is -2.35. The number of hydrogen-bond acceptors (Lipinski definition) is 3. The minimum absolute atomic E-state index is 0. The van der Waals surface area contributed by atoms with E-state index in [0.717, 1.165) is 38.7 Å². The van der Waals surface area contributed by atoms with Gasteiger partial charge in [-0.2, -0.15) is 0 Å². The van der Waals surface area contributed by atoms with Crippen molar-refractivity contribution in [1.82, 2.24) is 10.2 Å². The normalized spacial score (nSPS) is 20.6. The fourth-order valence-electron chi connectivity index (χ4n) is 1.94. The summed E-state index contributed by atoms with van der Waals surface area (Å²) in [6.45, 7) is 13.5. The van der Waals surface area contributed by atoms with Crippen LogP contribution >= 0.6 is 24.0 Å². The molecule has 1 atom stereocenters. The van der Waals surface area contributed by atoms with Crippen molar-refractivity contribution >= 4 is 29.9 Å². The van der Waals surface area contributed by atoms with E-state index in [-0.39, 0.29) is 35.5 Å². The lowest BCUT2D eigenvalue weighted by atomic mass is 9.97. The van der Waals surface area contributed by atoms with Crippen LogP contribution in [0.1, 0.15) is 27.7 Å². The molecule has 1 fully saturated rings. The Balaban J connectivity index is 0.00000361. The van der Waals surface area contributed by atoms with Crippen molar-refractivity contribution in [2.24, 2.45) is 10.4 Å². The van der Waals surface area contributed by atoms with Gasteiger partial charge in [0.25, 0.3) is 0 Å². The van der Waals surface area contributed by atoms with Gasteiger partial charge in [0, 0.05) is 33.3 Å². The van der Waals surface area contributed by atoms with Crippen LogP contribution in [-0.4, -0.2) is 63.5 Å². The van der Waals surface area contributed by atoms with Crippen LogP contribution in [0.4, 0.5) is 0 Å². The third-order valence-corrected chi connectivity index (χ3v) is 2.83. The van der Waals surface area contributed by atoms with E-state index in [2.05, 4.69) is 37.9 Å². The summed E-state index contributed by atoms with van der Waals surface area (Å²) in [4.78, 5) is 7.00. The number of morpholine rings is 1. The second-order valence-corrected chi connectivity index (χ2v) is 6.12. The molecule has 6 heteroatoms. The number of rotatable bonds is 4. The Morgan fingerprint density at radius 2 is 2.15 bits per heavy atom. The van der Waals surface area contributed by atoms with E-state index in [9.17, 15) is 0 Å². The van der Waals surface area contributed by atoms with Gasteiger partial charge in [-0.25, -0.2) is 0 Å². The highest BCUT2D eigenvalue weighted by molar-refractivity contribution is 14.0. The number of ether oxygens (including phenoxy) is 2. The Labute approximate surface area is 140 Å². The van der Waals surface area contributed by atoms with Crippen LogP contribution in [0.5, 0.6) is 0 Å². The molecule has 1 aliphatic rings. The molecule has 0 spiro atoms. The molecule has 0 aromatic heterocycles. The zero-order valence-corrected chi connectivity index (χ0v) is 15.8. The van der Waals surface area contributed by atoms with E-state index in [1.807, 2.05) is 0 Å². The van der Waals surface area contributed by atoms with E-state index in [0.29, 0.717) is 6.61 Å². The SMILES string of the molecule is CCNC(=NCC(C)(C)C)N1CCOC(COC)C1.I. The Hall–Kier alpha value is -0.0800. The molecule has 0 aromatic carbocycles. The van der Waals surface area contributed by atoms with E-state index in [1.54, 1.807) is 7.11 Å². The van der Waals surface area contributed by atoms with Gasteiger partial charge < -0.3 is 19.7 Å². The Morgan fingerprint density at radius 3 is 2.70 bits per heavy atom. The van der Waals surface area contributed by atoms with Gasteiger partial charge in [-0.15, -0.1) is 24.0 Å². The average molecular weight is 399 g/mol. The fraction of sp³-hybridized carbons (Fsp3) is 0.929. The van der Waals surface area contributed by atoms with Crippen LogP contribution in [0.2, 0.25) is 0 Å². The summed E-state index contributed by atoms with van der Waals surface area (Å²) in [6.07, 6.45) is 0.136. The maximum absolute atomic E-state index is 5.67. The summed E-state index contributed by atoms with van der Waals surface area (Å²) in [6, 6.07) is 0. The Morgan fingerprint density at radius 1 is 1.45 bits per heavy atom. The van der Waals surface area contributed by atoms with Crippen molar-refractivity contribution in [3.05, 3.63) is 0 Å². The number of guanidine groups is 1. The molecule has 1 unspecified atom stereocenters. The first-order valence-corrected chi connectivity index (χ1v) is 7.10. The molecule has 0 bridgehead atoms. The summed E-state index contributed by atoms with van der Waals surface area (Å²) in [5.41, 5.74) is 0.207. The molecule has 20 heavy (non-hydrogen) atoms. The summed E-state index contributed by atoms with van der Waals surface area (Å²) >= 11 is 0. The van der Waals surface area contributed by atoms with Crippen molar-refractivity contribution in [1.29, 1.82) is 0 Å². The largest absolute Gasteiger partial charge is 0.382 e. The summed E-state index contributed by atoms with van der Waals surface area (Å²) < 4.78 is 10.8. The predicted octanol–water partition coefficient (Wildman–Crippen LogP) is 1.96. The fourth-order valence-corrected chi connectivity index (χ4v) is 1.94. The van der Waals surface area contributed by atoms with Crippen molar-refractivity contribution in [2.75, 3.05) is 46.5 Å². The third kappa shape index (κ3) is 7.64. The molecule has 0 amide bonds. The monoisotopic (exact) mass is 399 g/mol. The van der Waals surface area contributed by atoms with E-state index in [1.165, 1.54) is 0 Å². The molecule has 0 saturated carbocycles. The van der Waals surface area contributed by atoms with Crippen molar-refractivity contribution in [2.45, 2.75) is 33.8 Å². The van der Waals surface area contributed by atoms with E-state index < -0.39 is 0 Å². The van der Waals surface area contributed by atoms with Gasteiger partial charge >= 0.3 is 0 Å². The van der Waals surface area contributed by atoms with Crippen molar-refractivity contribution in [3.63, 3.8) is 0 Å². The van der Waals surface area contributed by atoms with Gasteiger partial charge in [0.15, 0.2) is 5.96 Å². The second-order valence-electron chi connectivity index (χ2n) is 6.12. The highest BCUT2D eigenvalue weighted by atomic mass is 127. The lowest BCUT2D eigenvalue weighted by molar-refractivity contribution is -0.0447. The summed E-state index contributed by atoms with van der Waals surface area (Å²) in [5, 5.41) is 3.37. The predicted molar refractivity (Wildman–Crippen MR) is 94.0 cm³/mol. The first-order chi connectivity index (χ1) is 8.96. The molecule has 1 saturated heterocycles. The second kappa shape index (κ2) is 9.78. The zero-order chi connectivity index (χ0) is 14.3. The van der Waals surface area contributed by atoms with Gasteiger partial charge in [0.2, 0.25) is 0 Å². The Bertz CT molecular complexity index is 291. The van der Waals surface area contributed by atoms with Crippen LogP contribution in [-0.2, 0) is 9.47 Å². The van der Waals surface area contributed by atoms with Crippen LogP contribution in [0.15, 0.2) is 4.99 Å². The lowest BCUT2D eigenvalue weighted by Crippen LogP contribution is -2.51. The topological polar surface area (TPSA) is 46.1 Å². The summed E-state index contributed by atoms with van der Waals surface area (Å²) in [5.74, 6) is 0.988. The first kappa shape index (κ1) is 19.9. The standard InChI is InChI=1S/C14H29N3O2.HI/c1-6-15-13(16-11-14(2,3)4)17-7-8-19-12(9-17)10-18-5;/h12H,6-11H2,1-5H3,(H,15,16);1H. The quantitative estimate of drug-likeness (QED) is 0.446. The Kier molecular flexibility index (Phi) is 9.74. The zero-order valence-electron chi connectivity index (χ0n) is 13.4. The molecule has 0 aromatic rings. The van der Waals surface area contributed by atoms with Gasteiger partial charge in [-0.1, -0.05) is 20.8 Å². The maximum atomic E-state index is 5.67. The molecule has 1 heterocycles. The highest BCUT2D eigenvalue weighted by Crippen LogP contribution is 2.13. The molecule has 1 N–H and O–H groups in total. The van der Waals surface area contributed by atoms with Crippen molar-refractivity contribution < 1.29 is 9.47 Å². The molecule has 1 aliphatic heterocycles. The minimum atomic E-state index is 0. The summed E-state index contributed by atoms with van der Waals surface area (Å²) in [7, 11) is 1.71. The number of hydrogen-bond donors (Lipinski definition) is 1. The van der Waals surface area contributed by atoms with Crippen LogP contribution in [0.3, 0.4) is 0 Å². The third-order valence-electron chi connectivity index (χ3n) is 2.83. The van der Waals surface area contributed by atoms with Gasteiger partial charge in [0.1, 0.15) is 0 Å². The molecular formula is C14H30IN3O2. The molecule has 1 rings (SSSR count). The first-order valence-electron chi connectivity index (χ1n) is 7.10. The molecule has 5 nitrogen and oxygen atoms in total. The van der Waals surface area contributed by atoms with Gasteiger partial charge in [-0.3, -0.25) is 4.99 Å². The molecule has 0 aliphatic carbocycles. The van der Waals surface area contributed by atoms with Crippen LogP contribution in [0, 0.1) is 5.41 Å². The maximum Gasteiger partial charge on any atom is 0.194 e. The number of halogens is 1. The van der Waals surface area contributed by atoms with Crippen LogP contribution in [0.25, 0.3) is 0 Å². The minimum Gasteiger partial charge on any atom is -0.382 e. The smallest absolute Gasteiger partial charge is 0.194 e. The number of methoxy groups -OCH3 is 1. The van der Waals surface area contributed by atoms with E-state index >= 15 is 0 Å². The van der Waals surface area contributed by atoms with Gasteiger partial charge in [-0.05, 0) is 12.3 Å². The van der Waals surface area contributed by atoms with Gasteiger partial charge in [0.05, 0.1) is 19.3 Å². The number of nitrogens with one attached hydrogen (secondary N) is 1. The van der Waals surface area contributed by atoms with Crippen molar-refractivity contribution in [3.8, 4) is 0 Å². The number of nitrogens with zero attached hydrogens (tertiary/aromatic N) is 2. The highest BCUT2D eigenvalue weighted by Gasteiger charge is 2.23.